The summed E-state index contributed by atoms with van der Waals surface area (Å²) in [6, 6.07) is 0. The number of aliphatic hydroxyl groups excluding tert-OH is 6. The Labute approximate surface area is 273 Å². The molecule has 0 unspecified atom stereocenters. The molecule has 7 fully saturated rings. The molecule has 0 aromatic heterocycles. The number of hydrogen-bond acceptors (Lipinski definition) is 10. The first-order valence-electron chi connectivity index (χ1n) is 17.9. The molecule has 10 heteroatoms. The monoisotopic (exact) mass is 652 g/mol. The zero-order chi connectivity index (χ0) is 33.6. The van der Waals surface area contributed by atoms with Crippen LogP contribution >= 0.6 is 0 Å². The summed E-state index contributed by atoms with van der Waals surface area (Å²) in [7, 11) is 0. The van der Waals surface area contributed by atoms with Crippen molar-refractivity contribution in [2.75, 3.05) is 6.61 Å². The largest absolute Gasteiger partial charge is 0.394 e. The van der Waals surface area contributed by atoms with Crippen LogP contribution in [0.2, 0.25) is 0 Å². The second-order valence-corrected chi connectivity index (χ2v) is 18.7. The van der Waals surface area contributed by atoms with Crippen molar-refractivity contribution in [2.45, 2.75) is 173 Å². The normalized spacial score (nSPS) is 59.3. The summed E-state index contributed by atoms with van der Waals surface area (Å²) < 4.78 is 19.5. The van der Waals surface area contributed by atoms with Crippen LogP contribution in [0.25, 0.3) is 0 Å². The van der Waals surface area contributed by atoms with Crippen molar-refractivity contribution in [1.82, 2.24) is 0 Å². The molecule has 2 heterocycles. The Kier molecular flexibility index (Phi) is 7.65. The fourth-order valence-electron chi connectivity index (χ4n) is 13.6. The fraction of sp³-hybridized carbons (Fsp3) is 1.00. The molecule has 2 spiro atoms. The maximum Gasteiger partial charge on any atom is 0.186 e. The first-order valence-corrected chi connectivity index (χ1v) is 17.9. The van der Waals surface area contributed by atoms with Gasteiger partial charge in [-0.25, -0.2) is 0 Å². The van der Waals surface area contributed by atoms with Crippen molar-refractivity contribution < 1.29 is 50.0 Å². The molecule has 5 saturated carbocycles. The molecule has 0 bridgehead atoms. The summed E-state index contributed by atoms with van der Waals surface area (Å²) in [6.45, 7) is 14.2. The molecule has 0 radical (unpaired) electrons. The number of aliphatic hydroxyl groups is 7. The predicted molar refractivity (Wildman–Crippen MR) is 167 cm³/mol. The average molecular weight is 653 g/mol. The Morgan fingerprint density at radius 1 is 0.804 bits per heavy atom. The maximum atomic E-state index is 12.0. The first kappa shape index (κ1) is 34.1. The Morgan fingerprint density at radius 2 is 1.50 bits per heavy atom. The lowest BCUT2D eigenvalue weighted by molar-refractivity contribution is -0.319. The van der Waals surface area contributed by atoms with Crippen molar-refractivity contribution in [1.29, 1.82) is 0 Å². The van der Waals surface area contributed by atoms with Gasteiger partial charge in [0.25, 0.3) is 0 Å². The molecule has 0 amide bonds. The summed E-state index contributed by atoms with van der Waals surface area (Å²) in [5.41, 5.74) is -2.51. The molecule has 7 rings (SSSR count). The minimum Gasteiger partial charge on any atom is -0.394 e. The smallest absolute Gasteiger partial charge is 0.186 e. The lowest BCUT2D eigenvalue weighted by Crippen LogP contribution is -2.62. The number of hydrogen-bond donors (Lipinski definition) is 7. The van der Waals surface area contributed by atoms with Crippen LogP contribution in [-0.2, 0) is 14.2 Å². The van der Waals surface area contributed by atoms with Gasteiger partial charge in [0, 0.05) is 5.92 Å². The molecular weight excluding hydrogens is 592 g/mol. The van der Waals surface area contributed by atoms with Gasteiger partial charge >= 0.3 is 0 Å². The van der Waals surface area contributed by atoms with E-state index in [2.05, 4.69) is 34.6 Å². The van der Waals surface area contributed by atoms with Gasteiger partial charge in [0.15, 0.2) is 6.29 Å². The molecule has 5 aliphatic carbocycles. The van der Waals surface area contributed by atoms with E-state index >= 15 is 0 Å². The van der Waals surface area contributed by atoms with E-state index in [1.165, 1.54) is 0 Å². The quantitative estimate of drug-likeness (QED) is 0.234. The molecule has 0 aromatic rings. The summed E-state index contributed by atoms with van der Waals surface area (Å²) in [5.74, 6) is 0.114. The zero-order valence-electron chi connectivity index (χ0n) is 28.9. The SMILES string of the molecule is CC(C)(O)[C@@H]1CC[C@](C)([C@H]2[C@@H](O[C@H]3O[C@@H](CO)[C@H](O)[C@@H](O)[C@@H]3O)C[C@@]3(C)[C@@H]4C[C@H](O)[C@H]5C(C)(C)[C@@H](O)CC[C@@]56C[C@@]46CC[C@]23C)O1. The second kappa shape index (κ2) is 10.3. The van der Waals surface area contributed by atoms with Gasteiger partial charge < -0.3 is 50.0 Å². The number of rotatable bonds is 5. The van der Waals surface area contributed by atoms with Crippen LogP contribution in [0.3, 0.4) is 0 Å². The van der Waals surface area contributed by atoms with Crippen molar-refractivity contribution in [3.63, 3.8) is 0 Å². The van der Waals surface area contributed by atoms with Crippen molar-refractivity contribution >= 4 is 0 Å². The third-order valence-electron chi connectivity index (χ3n) is 15.9. The van der Waals surface area contributed by atoms with Crippen LogP contribution in [0, 0.1) is 44.8 Å². The molecule has 2 saturated heterocycles. The summed E-state index contributed by atoms with van der Waals surface area (Å²) in [6.07, 6.45) is -1.11. The van der Waals surface area contributed by atoms with E-state index in [1.54, 1.807) is 13.8 Å². The standard InChI is InChI=1S/C36H60O10/c1-30(2)22(39)8-11-36-17-35(36)13-12-32(5)28(34(7)10-9-23(46-34)31(3,4)43)19(15-33(32,6)21(35)14-18(38)27(30)36)44-29-26(42)25(41)24(40)20(16-37)45-29/h18-29,37-43H,8-17H2,1-7H3/t18-,19-,20-,21-,22-,23-,24-,25+,26-,27-,28-,29-,32+,33-,34+,35-,36+/m0/s1. The molecule has 7 aliphatic rings. The molecule has 10 nitrogen and oxygen atoms in total. The van der Waals surface area contributed by atoms with Gasteiger partial charge in [-0.1, -0.05) is 27.7 Å². The number of fused-ring (bicyclic) bond motifs is 2. The first-order chi connectivity index (χ1) is 21.2. The summed E-state index contributed by atoms with van der Waals surface area (Å²) in [5, 5.41) is 76.1. The van der Waals surface area contributed by atoms with Crippen LogP contribution in [0.1, 0.15) is 106 Å². The van der Waals surface area contributed by atoms with Crippen LogP contribution in [-0.4, -0.2) is 109 Å². The van der Waals surface area contributed by atoms with Crippen LogP contribution < -0.4 is 0 Å². The minimum atomic E-state index is -1.54. The lowest BCUT2D eigenvalue weighted by atomic mass is 9.41. The van der Waals surface area contributed by atoms with Crippen molar-refractivity contribution in [3.8, 4) is 0 Å². The van der Waals surface area contributed by atoms with Crippen LogP contribution in [0.15, 0.2) is 0 Å². The Balaban J connectivity index is 1.27. The lowest BCUT2D eigenvalue weighted by Gasteiger charge is -2.64. The Hall–Kier alpha value is -0.400. The minimum absolute atomic E-state index is 0.00782. The van der Waals surface area contributed by atoms with Gasteiger partial charge in [-0.15, -0.1) is 0 Å². The zero-order valence-corrected chi connectivity index (χ0v) is 28.9. The molecule has 264 valence electrons. The van der Waals surface area contributed by atoms with Gasteiger partial charge in [0.2, 0.25) is 0 Å². The van der Waals surface area contributed by atoms with Crippen LogP contribution in [0.5, 0.6) is 0 Å². The highest BCUT2D eigenvalue weighted by Crippen LogP contribution is 2.89. The third kappa shape index (κ3) is 4.24. The van der Waals surface area contributed by atoms with Gasteiger partial charge in [-0.2, -0.15) is 0 Å². The van der Waals surface area contributed by atoms with E-state index in [4.69, 9.17) is 14.2 Å². The van der Waals surface area contributed by atoms with E-state index in [1.807, 2.05) is 0 Å². The predicted octanol–water partition coefficient (Wildman–Crippen LogP) is 2.26. The van der Waals surface area contributed by atoms with E-state index in [0.29, 0.717) is 19.3 Å². The van der Waals surface area contributed by atoms with E-state index < -0.39 is 66.8 Å². The molecular formula is C36H60O10. The highest BCUT2D eigenvalue weighted by atomic mass is 16.7. The Bertz CT molecular complexity index is 1200. The van der Waals surface area contributed by atoms with Gasteiger partial charge in [-0.3, -0.25) is 0 Å². The molecule has 17 atom stereocenters. The highest BCUT2D eigenvalue weighted by Gasteiger charge is 2.85. The molecule has 46 heavy (non-hydrogen) atoms. The van der Waals surface area contributed by atoms with Crippen molar-refractivity contribution in [2.24, 2.45) is 44.8 Å². The average Bonchev–Trinajstić information content (AvgIpc) is 3.31. The molecule has 2 aliphatic heterocycles. The topological polar surface area (TPSA) is 169 Å². The summed E-state index contributed by atoms with van der Waals surface area (Å²) in [4.78, 5) is 0. The summed E-state index contributed by atoms with van der Waals surface area (Å²) >= 11 is 0. The van der Waals surface area contributed by atoms with Crippen molar-refractivity contribution in [3.05, 3.63) is 0 Å². The highest BCUT2D eigenvalue weighted by molar-refractivity contribution is 5.33. The second-order valence-electron chi connectivity index (χ2n) is 18.7. The number of ether oxygens (including phenoxy) is 3. The van der Waals surface area contributed by atoms with E-state index in [0.717, 1.165) is 38.5 Å². The fourth-order valence-corrected chi connectivity index (χ4v) is 13.6. The molecule has 7 N–H and O–H groups in total. The molecule has 0 aromatic carbocycles. The van der Waals surface area contributed by atoms with Gasteiger partial charge in [-0.05, 0) is 117 Å². The van der Waals surface area contributed by atoms with E-state index in [-0.39, 0.29) is 50.9 Å². The van der Waals surface area contributed by atoms with Gasteiger partial charge in [0.1, 0.15) is 24.4 Å². The third-order valence-corrected chi connectivity index (χ3v) is 15.9. The van der Waals surface area contributed by atoms with Crippen LogP contribution in [0.4, 0.5) is 0 Å². The Morgan fingerprint density at radius 3 is 2.13 bits per heavy atom. The van der Waals surface area contributed by atoms with E-state index in [9.17, 15) is 35.7 Å². The van der Waals surface area contributed by atoms with Gasteiger partial charge in [0.05, 0.1) is 42.2 Å². The maximum absolute atomic E-state index is 12.0.